The van der Waals surface area contributed by atoms with E-state index in [4.69, 9.17) is 14.4 Å². The monoisotopic (exact) mass is 270 g/mol. The van der Waals surface area contributed by atoms with Crippen molar-refractivity contribution in [1.82, 2.24) is 4.90 Å². The third kappa shape index (κ3) is 2.63. The molecule has 0 bridgehead atoms. The lowest BCUT2D eigenvalue weighted by Crippen LogP contribution is -2.21. The summed E-state index contributed by atoms with van der Waals surface area (Å²) in [4.78, 5) is 2.46. The van der Waals surface area contributed by atoms with Crippen molar-refractivity contribution in [1.29, 1.82) is 5.26 Å². The molecule has 1 saturated heterocycles. The number of nitrogens with zero attached hydrogens (tertiary/aromatic N) is 2. The van der Waals surface area contributed by atoms with Crippen molar-refractivity contribution in [2.45, 2.75) is 19.3 Å². The fourth-order valence-electron chi connectivity index (χ4n) is 2.71. The Hall–Kier alpha value is -1.99. The minimum Gasteiger partial charge on any atom is -0.488 e. The molecule has 1 fully saturated rings. The molecule has 2 aromatic rings. The summed E-state index contributed by atoms with van der Waals surface area (Å²) in [6.07, 6.45) is 3.60. The molecule has 4 nitrogen and oxygen atoms in total. The molecule has 4 heteroatoms. The van der Waals surface area contributed by atoms with E-state index in [-0.39, 0.29) is 5.76 Å². The van der Waals surface area contributed by atoms with Crippen molar-refractivity contribution in [3.63, 3.8) is 0 Å². The van der Waals surface area contributed by atoms with Crippen LogP contribution >= 0.6 is 0 Å². The van der Waals surface area contributed by atoms with Crippen LogP contribution in [0.2, 0.25) is 0 Å². The summed E-state index contributed by atoms with van der Waals surface area (Å²) in [5, 5.41) is 10.00. The molecule has 0 saturated carbocycles. The molecule has 0 radical (unpaired) electrons. The topological polar surface area (TPSA) is 49.4 Å². The van der Waals surface area contributed by atoms with E-state index in [2.05, 4.69) is 11.0 Å². The third-order valence-electron chi connectivity index (χ3n) is 3.72. The molecule has 0 aliphatic carbocycles. The maximum Gasteiger partial charge on any atom is 0.246 e. The highest BCUT2D eigenvalue weighted by Gasteiger charge is 2.15. The molecule has 1 aliphatic heterocycles. The van der Waals surface area contributed by atoms with Gasteiger partial charge in [0.1, 0.15) is 11.7 Å². The van der Waals surface area contributed by atoms with Gasteiger partial charge >= 0.3 is 0 Å². The molecule has 2 heterocycles. The van der Waals surface area contributed by atoms with Crippen LogP contribution in [0.4, 0.5) is 0 Å². The summed E-state index contributed by atoms with van der Waals surface area (Å²) in [6, 6.07) is 9.67. The number of nitriles is 1. The van der Waals surface area contributed by atoms with E-state index >= 15 is 0 Å². The fraction of sp³-hybridized carbons (Fsp3) is 0.438. The second-order valence-corrected chi connectivity index (χ2v) is 5.12. The second kappa shape index (κ2) is 5.98. The van der Waals surface area contributed by atoms with Gasteiger partial charge in [-0.25, -0.2) is 0 Å². The van der Waals surface area contributed by atoms with Gasteiger partial charge in [0.05, 0.1) is 12.0 Å². The highest BCUT2D eigenvalue weighted by molar-refractivity contribution is 5.86. The number of furan rings is 1. The van der Waals surface area contributed by atoms with Crippen LogP contribution in [0.1, 0.15) is 25.0 Å². The predicted octanol–water partition coefficient (Wildman–Crippen LogP) is 3.17. The van der Waals surface area contributed by atoms with E-state index in [1.54, 1.807) is 0 Å². The number of hydrogen-bond acceptors (Lipinski definition) is 4. The molecule has 3 rings (SSSR count). The van der Waals surface area contributed by atoms with Gasteiger partial charge < -0.3 is 14.1 Å². The van der Waals surface area contributed by atoms with Crippen LogP contribution in [0.15, 0.2) is 28.7 Å². The van der Waals surface area contributed by atoms with E-state index < -0.39 is 0 Å². The van der Waals surface area contributed by atoms with E-state index in [1.165, 1.54) is 25.9 Å². The zero-order chi connectivity index (χ0) is 13.8. The number of hydrogen-bond donors (Lipinski definition) is 0. The Morgan fingerprint density at radius 3 is 2.85 bits per heavy atom. The lowest BCUT2D eigenvalue weighted by molar-refractivity contribution is 0.262. The van der Waals surface area contributed by atoms with Gasteiger partial charge in [0.2, 0.25) is 5.76 Å². The van der Waals surface area contributed by atoms with Gasteiger partial charge in [-0.2, -0.15) is 5.26 Å². The molecule has 0 atom stereocenters. The van der Waals surface area contributed by atoms with E-state index in [1.807, 2.05) is 24.3 Å². The fourth-order valence-corrected chi connectivity index (χ4v) is 2.71. The predicted molar refractivity (Wildman–Crippen MR) is 76.7 cm³/mol. The molecule has 20 heavy (non-hydrogen) atoms. The van der Waals surface area contributed by atoms with Gasteiger partial charge in [0.25, 0.3) is 0 Å². The summed E-state index contributed by atoms with van der Waals surface area (Å²) in [6.45, 7) is 4.10. The van der Waals surface area contributed by atoms with Crippen molar-refractivity contribution < 1.29 is 9.15 Å². The van der Waals surface area contributed by atoms with Crippen LogP contribution in [0.3, 0.4) is 0 Å². The Kier molecular flexibility index (Phi) is 3.89. The Labute approximate surface area is 118 Å². The standard InChI is InChI=1S/C16H18N2O2/c17-12-15-16(13-6-1-2-7-14(13)20-15)19-11-5-10-18-8-3-4-9-18/h1-2,6-7H,3-5,8-11H2. The Bertz CT molecular complexity index is 621. The largest absolute Gasteiger partial charge is 0.488 e. The molecule has 0 N–H and O–H groups in total. The van der Waals surface area contributed by atoms with Gasteiger partial charge in [-0.1, -0.05) is 12.1 Å². The number of para-hydroxylation sites is 1. The summed E-state index contributed by atoms with van der Waals surface area (Å²) in [5.41, 5.74) is 0.707. The molecular formula is C16H18N2O2. The lowest BCUT2D eigenvalue weighted by Gasteiger charge is -2.14. The van der Waals surface area contributed by atoms with Crippen LogP contribution in [0, 0.1) is 11.3 Å². The number of fused-ring (bicyclic) bond motifs is 1. The Morgan fingerprint density at radius 1 is 1.25 bits per heavy atom. The molecule has 0 spiro atoms. The van der Waals surface area contributed by atoms with Crippen LogP contribution in [-0.4, -0.2) is 31.1 Å². The van der Waals surface area contributed by atoms with Crippen molar-refractivity contribution >= 4 is 11.0 Å². The molecular weight excluding hydrogens is 252 g/mol. The maximum atomic E-state index is 9.12. The summed E-state index contributed by atoms with van der Waals surface area (Å²) < 4.78 is 11.3. The Morgan fingerprint density at radius 2 is 2.05 bits per heavy atom. The number of rotatable bonds is 5. The summed E-state index contributed by atoms with van der Waals surface area (Å²) in [5.74, 6) is 0.858. The first-order valence-corrected chi connectivity index (χ1v) is 7.15. The highest BCUT2D eigenvalue weighted by Crippen LogP contribution is 2.32. The second-order valence-electron chi connectivity index (χ2n) is 5.12. The smallest absolute Gasteiger partial charge is 0.246 e. The van der Waals surface area contributed by atoms with Gasteiger partial charge in [0.15, 0.2) is 5.75 Å². The molecule has 104 valence electrons. The van der Waals surface area contributed by atoms with Crippen LogP contribution in [-0.2, 0) is 0 Å². The van der Waals surface area contributed by atoms with Crippen molar-refractivity contribution in [2.75, 3.05) is 26.2 Å². The highest BCUT2D eigenvalue weighted by atomic mass is 16.5. The first-order valence-electron chi connectivity index (χ1n) is 7.15. The first kappa shape index (κ1) is 13.0. The van der Waals surface area contributed by atoms with Crippen molar-refractivity contribution in [3.8, 4) is 11.8 Å². The van der Waals surface area contributed by atoms with Crippen LogP contribution in [0.5, 0.6) is 5.75 Å². The van der Waals surface area contributed by atoms with Gasteiger partial charge in [-0.3, -0.25) is 0 Å². The lowest BCUT2D eigenvalue weighted by atomic mass is 10.2. The maximum absolute atomic E-state index is 9.12. The number of benzene rings is 1. The summed E-state index contributed by atoms with van der Waals surface area (Å²) in [7, 11) is 0. The zero-order valence-corrected chi connectivity index (χ0v) is 11.5. The van der Waals surface area contributed by atoms with Gasteiger partial charge in [-0.05, 0) is 44.5 Å². The molecule has 1 aliphatic rings. The first-order chi connectivity index (χ1) is 9.88. The quantitative estimate of drug-likeness (QED) is 0.783. The SMILES string of the molecule is N#Cc1oc2ccccc2c1OCCCN1CCCC1. The Balaban J connectivity index is 1.63. The van der Waals surface area contributed by atoms with E-state index in [0.29, 0.717) is 17.9 Å². The van der Waals surface area contributed by atoms with Crippen molar-refractivity contribution in [3.05, 3.63) is 30.0 Å². The van der Waals surface area contributed by atoms with Crippen molar-refractivity contribution in [2.24, 2.45) is 0 Å². The summed E-state index contributed by atoms with van der Waals surface area (Å²) >= 11 is 0. The third-order valence-corrected chi connectivity index (χ3v) is 3.72. The molecule has 1 aromatic carbocycles. The van der Waals surface area contributed by atoms with Gasteiger partial charge in [-0.15, -0.1) is 0 Å². The molecule has 0 amide bonds. The average Bonchev–Trinajstić information content (AvgIpc) is 3.11. The van der Waals surface area contributed by atoms with Crippen LogP contribution in [0.25, 0.3) is 11.0 Å². The van der Waals surface area contributed by atoms with E-state index in [9.17, 15) is 0 Å². The average molecular weight is 270 g/mol. The molecule has 1 aromatic heterocycles. The van der Waals surface area contributed by atoms with E-state index in [0.717, 1.165) is 18.4 Å². The minimum absolute atomic E-state index is 0.271. The number of ether oxygens (including phenoxy) is 1. The zero-order valence-electron chi connectivity index (χ0n) is 11.5. The van der Waals surface area contributed by atoms with Gasteiger partial charge in [0, 0.05) is 6.54 Å². The minimum atomic E-state index is 0.271. The number of likely N-dealkylation sites (tertiary alicyclic amines) is 1. The van der Waals surface area contributed by atoms with Crippen LogP contribution < -0.4 is 4.74 Å². The molecule has 0 unspecified atom stereocenters. The normalized spacial score (nSPS) is 15.6.